The molecule has 3 N–H and O–H groups in total. The highest BCUT2D eigenvalue weighted by molar-refractivity contribution is 5.28. The summed E-state index contributed by atoms with van der Waals surface area (Å²) in [6, 6.07) is 0.158. The Labute approximate surface area is 224 Å². The number of aliphatic hydroxyl groups is 3. The van der Waals surface area contributed by atoms with Crippen LogP contribution in [0.5, 0.6) is 0 Å². The molecule has 6 unspecified atom stereocenters. The molecule has 9 atom stereocenters. The number of allylic oxidation sites excluding steroid dienone is 5. The number of rotatable bonds is 0. The fraction of sp³-hybridized carbons (Fsp3) is 0.812. The second kappa shape index (κ2) is 10.5. The average molecular weight is 512 g/mol. The van der Waals surface area contributed by atoms with Gasteiger partial charge in [0, 0.05) is 18.3 Å². The van der Waals surface area contributed by atoms with Crippen LogP contribution in [0.25, 0.3) is 0 Å². The van der Waals surface area contributed by atoms with Crippen LogP contribution in [0.4, 0.5) is 0 Å². The van der Waals surface area contributed by atoms with Crippen LogP contribution >= 0.6 is 0 Å². The maximum absolute atomic E-state index is 12.6. The van der Waals surface area contributed by atoms with E-state index in [2.05, 4.69) is 23.1 Å². The van der Waals surface area contributed by atoms with Gasteiger partial charge in [-0.1, -0.05) is 81.4 Å². The van der Waals surface area contributed by atoms with Crippen LogP contribution in [0.1, 0.15) is 89.9 Å². The highest BCUT2D eigenvalue weighted by Gasteiger charge is 2.89. The topological polar surface area (TPSA) is 63.9 Å². The lowest BCUT2D eigenvalue weighted by Crippen LogP contribution is -2.77. The molecule has 0 aromatic heterocycles. The predicted molar refractivity (Wildman–Crippen MR) is 148 cm³/mol. The van der Waals surface area contributed by atoms with E-state index in [1.807, 2.05) is 18.2 Å². The van der Waals surface area contributed by atoms with Crippen molar-refractivity contribution in [2.45, 2.75) is 120 Å². The molecular formula is C32H51N2O3+. The van der Waals surface area contributed by atoms with E-state index in [0.717, 1.165) is 64.7 Å². The Morgan fingerprint density at radius 3 is 2.43 bits per heavy atom. The van der Waals surface area contributed by atoms with E-state index in [1.54, 1.807) is 0 Å². The van der Waals surface area contributed by atoms with E-state index in [1.165, 1.54) is 51.4 Å². The zero-order valence-corrected chi connectivity index (χ0v) is 22.9. The Balaban J connectivity index is 1.48. The van der Waals surface area contributed by atoms with Crippen molar-refractivity contribution in [2.75, 3.05) is 26.2 Å². The number of nitrogens with zero attached hydrogens (tertiary/aromatic N) is 2. The molecule has 206 valence electrons. The monoisotopic (exact) mass is 511 g/mol. The fourth-order valence-corrected chi connectivity index (χ4v) is 10.7. The second-order valence-electron chi connectivity index (χ2n) is 13.4. The number of quaternary nitrogens is 1. The third-order valence-corrected chi connectivity index (χ3v) is 11.8. The molecule has 0 aromatic rings. The van der Waals surface area contributed by atoms with Crippen molar-refractivity contribution in [1.82, 2.24) is 4.90 Å². The Hall–Kier alpha value is -0.980. The summed E-state index contributed by atoms with van der Waals surface area (Å²) in [7, 11) is 0. The largest absolute Gasteiger partial charge is 0.386 e. The van der Waals surface area contributed by atoms with Crippen molar-refractivity contribution in [3.05, 3.63) is 36.5 Å². The van der Waals surface area contributed by atoms with Gasteiger partial charge in [-0.2, -0.15) is 0 Å². The summed E-state index contributed by atoms with van der Waals surface area (Å²) >= 11 is 0. The maximum Gasteiger partial charge on any atom is 0.198 e. The smallest absolute Gasteiger partial charge is 0.198 e. The van der Waals surface area contributed by atoms with Crippen LogP contribution in [0.15, 0.2) is 36.5 Å². The van der Waals surface area contributed by atoms with Crippen molar-refractivity contribution in [3.8, 4) is 0 Å². The first-order chi connectivity index (χ1) is 18.1. The minimum absolute atomic E-state index is 0.158. The van der Waals surface area contributed by atoms with Crippen molar-refractivity contribution in [1.29, 1.82) is 0 Å². The summed E-state index contributed by atoms with van der Waals surface area (Å²) in [5.74, 6) is 0.932. The Morgan fingerprint density at radius 1 is 0.811 bits per heavy atom. The number of hydrogen-bond acceptors (Lipinski definition) is 4. The summed E-state index contributed by atoms with van der Waals surface area (Å²) in [5, 5.41) is 36.5. The maximum atomic E-state index is 12.6. The quantitative estimate of drug-likeness (QED) is 0.326. The van der Waals surface area contributed by atoms with Gasteiger partial charge in [-0.05, 0) is 51.6 Å². The van der Waals surface area contributed by atoms with Crippen molar-refractivity contribution >= 4 is 0 Å². The molecule has 7 aliphatic rings. The summed E-state index contributed by atoms with van der Waals surface area (Å²) in [4.78, 5) is 2.72. The van der Waals surface area contributed by atoms with E-state index >= 15 is 0 Å². The van der Waals surface area contributed by atoms with Gasteiger partial charge >= 0.3 is 0 Å². The minimum Gasteiger partial charge on any atom is -0.386 e. The molecule has 0 aromatic carbocycles. The fourth-order valence-electron chi connectivity index (χ4n) is 10.7. The Kier molecular flexibility index (Phi) is 7.48. The molecular weight excluding hydrogens is 460 g/mol. The first-order valence-electron chi connectivity index (χ1n) is 15.7. The standard InChI is InChI=1S/C32H51N2O3/c35-27-17-13-9-5-1-4-8-12-16-22-34-24-25-23-31(30(34)37)19-14-10-6-2-3-7-11-15-20-33-21-18-26(25)32(34,28(27)36)29(31)33/h4-5,8-9,13,17,25-30,35-37H,1-3,6-7,10-12,14-16,18-24H2/q+1/b8-4-,9-5-,17-13+/t25?,26?,27-,28+,29+,30?,31?,32?,34?/m0/s1. The molecule has 0 amide bonds. The predicted octanol–water partition coefficient (Wildman–Crippen LogP) is 4.68. The molecule has 5 nitrogen and oxygen atoms in total. The lowest BCUT2D eigenvalue weighted by molar-refractivity contribution is -1.00. The average Bonchev–Trinajstić information content (AvgIpc) is 3.19. The SMILES string of the molecule is OC1C23CCCCCCCCCCN4CCC5C(C2)C[N+]12CCC/C=C\C/C=C\C=C\[C@H](O)[C@@H](O)C52[C@H]43. The highest BCUT2D eigenvalue weighted by atomic mass is 16.3. The van der Waals surface area contributed by atoms with E-state index in [9.17, 15) is 15.3 Å². The van der Waals surface area contributed by atoms with Crippen LogP contribution < -0.4 is 0 Å². The van der Waals surface area contributed by atoms with Crippen molar-refractivity contribution in [2.24, 2.45) is 17.3 Å². The molecule has 6 heterocycles. The van der Waals surface area contributed by atoms with E-state index in [0.29, 0.717) is 16.3 Å². The van der Waals surface area contributed by atoms with Gasteiger partial charge in [0.05, 0.1) is 24.5 Å². The third kappa shape index (κ3) is 3.89. The van der Waals surface area contributed by atoms with Gasteiger partial charge in [0.15, 0.2) is 11.8 Å². The molecule has 5 saturated heterocycles. The molecule has 0 radical (unpaired) electrons. The highest BCUT2D eigenvalue weighted by Crippen LogP contribution is 2.73. The molecule has 1 aliphatic carbocycles. The van der Waals surface area contributed by atoms with E-state index in [4.69, 9.17) is 0 Å². The van der Waals surface area contributed by atoms with Gasteiger partial charge < -0.3 is 15.3 Å². The molecule has 5 heteroatoms. The Bertz CT molecular complexity index is 902. The zero-order valence-electron chi connectivity index (χ0n) is 22.9. The van der Waals surface area contributed by atoms with Gasteiger partial charge in [0.2, 0.25) is 0 Å². The van der Waals surface area contributed by atoms with Gasteiger partial charge in [-0.15, -0.1) is 0 Å². The van der Waals surface area contributed by atoms with Crippen LogP contribution in [0.2, 0.25) is 0 Å². The normalized spacial score (nSPS) is 51.6. The first kappa shape index (κ1) is 26.3. The van der Waals surface area contributed by atoms with Crippen molar-refractivity contribution < 1.29 is 19.8 Å². The number of aliphatic hydroxyl groups excluding tert-OH is 3. The van der Waals surface area contributed by atoms with Gasteiger partial charge in [0.25, 0.3) is 0 Å². The van der Waals surface area contributed by atoms with Crippen LogP contribution in [0.3, 0.4) is 0 Å². The molecule has 6 bridgehead atoms. The number of piperidine rings is 2. The lowest BCUT2D eigenvalue weighted by Gasteiger charge is -2.58. The van der Waals surface area contributed by atoms with E-state index < -0.39 is 24.0 Å². The summed E-state index contributed by atoms with van der Waals surface area (Å²) < 4.78 is 0.638. The van der Waals surface area contributed by atoms with Gasteiger partial charge in [0.1, 0.15) is 12.2 Å². The van der Waals surface area contributed by atoms with Gasteiger partial charge in [-0.25, -0.2) is 0 Å². The zero-order chi connectivity index (χ0) is 25.5. The molecule has 37 heavy (non-hydrogen) atoms. The summed E-state index contributed by atoms with van der Waals surface area (Å²) in [6.45, 7) is 4.05. The second-order valence-corrected chi connectivity index (χ2v) is 13.4. The molecule has 3 spiro atoms. The molecule has 1 saturated carbocycles. The summed E-state index contributed by atoms with van der Waals surface area (Å²) in [5.41, 5.74) is -0.649. The minimum atomic E-state index is -0.910. The Morgan fingerprint density at radius 2 is 1.59 bits per heavy atom. The van der Waals surface area contributed by atoms with Crippen LogP contribution in [0, 0.1) is 17.3 Å². The third-order valence-electron chi connectivity index (χ3n) is 11.8. The van der Waals surface area contributed by atoms with Crippen LogP contribution in [-0.4, -0.2) is 80.9 Å². The molecule has 6 aliphatic heterocycles. The lowest BCUT2D eigenvalue weighted by atomic mass is 9.52. The first-order valence-corrected chi connectivity index (χ1v) is 15.7. The van der Waals surface area contributed by atoms with Gasteiger partial charge in [-0.3, -0.25) is 9.38 Å². The number of hydrogen-bond donors (Lipinski definition) is 3. The molecule has 7 rings (SSSR count). The van der Waals surface area contributed by atoms with Crippen molar-refractivity contribution in [3.63, 3.8) is 0 Å². The summed E-state index contributed by atoms with van der Waals surface area (Å²) in [6.07, 6.45) is 26.6. The van der Waals surface area contributed by atoms with Crippen LogP contribution in [-0.2, 0) is 0 Å². The molecule has 6 fully saturated rings. The van der Waals surface area contributed by atoms with E-state index in [-0.39, 0.29) is 11.5 Å².